The van der Waals surface area contributed by atoms with Gasteiger partial charge in [0.1, 0.15) is 5.75 Å². The molecule has 0 spiro atoms. The van der Waals surface area contributed by atoms with Gasteiger partial charge in [-0.3, -0.25) is 5.10 Å². The monoisotopic (exact) mass is 292 g/mol. The summed E-state index contributed by atoms with van der Waals surface area (Å²) in [5.41, 5.74) is 4.39. The van der Waals surface area contributed by atoms with E-state index < -0.39 is 0 Å². The molecule has 0 saturated heterocycles. The molecule has 108 valence electrons. The summed E-state index contributed by atoms with van der Waals surface area (Å²) in [6, 6.07) is 8.02. The first-order valence-electron chi connectivity index (χ1n) is 6.87. The lowest BCUT2D eigenvalue weighted by molar-refractivity contribution is 0.314. The molecule has 0 aliphatic rings. The second-order valence-corrected chi connectivity index (χ2v) is 4.81. The van der Waals surface area contributed by atoms with Crippen molar-refractivity contribution < 1.29 is 4.74 Å². The van der Waals surface area contributed by atoms with Crippen molar-refractivity contribution in [3.63, 3.8) is 0 Å². The molecular formula is C14H20N4OS. The summed E-state index contributed by atoms with van der Waals surface area (Å²) in [5, 5.41) is 6.97. The normalized spacial score (nSPS) is 10.5. The number of nitrogens with one attached hydrogen (secondary N) is 2. The lowest BCUT2D eigenvalue weighted by atomic mass is 10.2. The van der Waals surface area contributed by atoms with Crippen LogP contribution in [0.25, 0.3) is 0 Å². The second-order valence-electron chi connectivity index (χ2n) is 4.43. The highest BCUT2D eigenvalue weighted by molar-refractivity contribution is 7.71. The summed E-state index contributed by atoms with van der Waals surface area (Å²) in [6.07, 6.45) is 1.81. The smallest absolute Gasteiger partial charge is 0.214 e. The first-order valence-corrected chi connectivity index (χ1v) is 7.28. The molecule has 0 atom stereocenters. The molecule has 0 bridgehead atoms. The van der Waals surface area contributed by atoms with Crippen molar-refractivity contribution >= 4 is 12.2 Å². The molecule has 20 heavy (non-hydrogen) atoms. The van der Waals surface area contributed by atoms with E-state index in [0.29, 0.717) is 11.3 Å². The zero-order valence-electron chi connectivity index (χ0n) is 11.8. The van der Waals surface area contributed by atoms with E-state index in [4.69, 9.17) is 17.0 Å². The van der Waals surface area contributed by atoms with Gasteiger partial charge in [0.05, 0.1) is 13.2 Å². The van der Waals surface area contributed by atoms with Gasteiger partial charge in [0.15, 0.2) is 5.82 Å². The highest BCUT2D eigenvalue weighted by Crippen LogP contribution is 2.18. The molecule has 1 heterocycles. The number of benzene rings is 1. The Balaban J connectivity index is 2.10. The number of nitrogens with zero attached hydrogens (tertiary/aromatic N) is 2. The number of rotatable bonds is 7. The molecule has 0 fully saturated rings. The molecule has 0 amide bonds. The minimum absolute atomic E-state index is 0.578. The number of hydrogen-bond donors (Lipinski definition) is 2. The third-order valence-electron chi connectivity index (χ3n) is 2.92. The van der Waals surface area contributed by atoms with Crippen LogP contribution in [0.4, 0.5) is 0 Å². The van der Waals surface area contributed by atoms with E-state index in [-0.39, 0.29) is 0 Å². The van der Waals surface area contributed by atoms with Gasteiger partial charge in [-0.25, -0.2) is 4.68 Å². The van der Waals surface area contributed by atoms with E-state index in [0.717, 1.165) is 36.6 Å². The Kier molecular flexibility index (Phi) is 5.17. The van der Waals surface area contributed by atoms with Crippen molar-refractivity contribution in [3.05, 3.63) is 40.4 Å². The topological polar surface area (TPSA) is 54.9 Å². The number of aryl methyl sites for hydroxylation is 1. The number of ether oxygens (including phenoxy) is 1. The Morgan fingerprint density at radius 2 is 2.15 bits per heavy atom. The fraction of sp³-hybridized carbons (Fsp3) is 0.429. The largest absolute Gasteiger partial charge is 0.493 e. The Morgan fingerprint density at radius 3 is 2.90 bits per heavy atom. The Bertz CT molecular complexity index is 605. The van der Waals surface area contributed by atoms with E-state index in [1.54, 1.807) is 0 Å². The predicted molar refractivity (Wildman–Crippen MR) is 82.1 cm³/mol. The molecule has 0 aliphatic carbocycles. The van der Waals surface area contributed by atoms with Gasteiger partial charge < -0.3 is 10.2 Å². The van der Waals surface area contributed by atoms with Gasteiger partial charge in [0, 0.05) is 12.0 Å². The number of H-pyrrole nitrogens is 1. The van der Waals surface area contributed by atoms with Gasteiger partial charge in [0.25, 0.3) is 0 Å². The number of hydrogen-bond acceptors (Lipinski definition) is 4. The van der Waals surface area contributed by atoms with Crippen LogP contribution >= 0.6 is 12.2 Å². The summed E-state index contributed by atoms with van der Waals surface area (Å²) in [7, 11) is 0. The molecule has 2 rings (SSSR count). The van der Waals surface area contributed by atoms with Crippen molar-refractivity contribution in [2.45, 2.75) is 33.2 Å². The third kappa shape index (κ3) is 3.39. The summed E-state index contributed by atoms with van der Waals surface area (Å²) in [5.74, 6) is 1.80. The van der Waals surface area contributed by atoms with Crippen LogP contribution in [-0.4, -0.2) is 21.5 Å². The molecule has 2 N–H and O–H groups in total. The molecule has 5 nitrogen and oxygen atoms in total. The van der Waals surface area contributed by atoms with Crippen LogP contribution in [0.1, 0.15) is 31.7 Å². The molecule has 0 saturated carbocycles. The third-order valence-corrected chi connectivity index (χ3v) is 3.19. The summed E-state index contributed by atoms with van der Waals surface area (Å²) >= 11 is 5.21. The SMILES string of the molecule is CCCOc1ccccc1CNn1c(CC)n[nH]c1=S. The fourth-order valence-corrected chi connectivity index (χ4v) is 2.11. The predicted octanol–water partition coefficient (Wildman–Crippen LogP) is 3.04. The van der Waals surface area contributed by atoms with E-state index in [9.17, 15) is 0 Å². The first-order chi connectivity index (χ1) is 9.76. The van der Waals surface area contributed by atoms with Gasteiger partial charge in [-0.15, -0.1) is 0 Å². The average Bonchev–Trinajstić information content (AvgIpc) is 2.84. The van der Waals surface area contributed by atoms with Crippen LogP contribution in [0.2, 0.25) is 0 Å². The van der Waals surface area contributed by atoms with Crippen LogP contribution in [0.15, 0.2) is 24.3 Å². The summed E-state index contributed by atoms with van der Waals surface area (Å²) in [6.45, 7) is 5.50. The highest BCUT2D eigenvalue weighted by atomic mass is 32.1. The Morgan fingerprint density at radius 1 is 1.35 bits per heavy atom. The van der Waals surface area contributed by atoms with Crippen molar-refractivity contribution in [2.24, 2.45) is 0 Å². The van der Waals surface area contributed by atoms with Gasteiger partial charge in [0.2, 0.25) is 4.77 Å². The van der Waals surface area contributed by atoms with E-state index in [1.165, 1.54) is 0 Å². The average molecular weight is 292 g/mol. The van der Waals surface area contributed by atoms with Crippen molar-refractivity contribution in [1.29, 1.82) is 0 Å². The lowest BCUT2D eigenvalue weighted by Crippen LogP contribution is -2.17. The highest BCUT2D eigenvalue weighted by Gasteiger charge is 2.06. The molecule has 0 aliphatic heterocycles. The molecule has 0 radical (unpaired) electrons. The molecule has 0 unspecified atom stereocenters. The Labute approximate surface area is 123 Å². The molecule has 2 aromatic rings. The van der Waals surface area contributed by atoms with Gasteiger partial charge in [-0.05, 0) is 24.7 Å². The van der Waals surface area contributed by atoms with Crippen LogP contribution in [0, 0.1) is 4.77 Å². The van der Waals surface area contributed by atoms with Gasteiger partial charge >= 0.3 is 0 Å². The van der Waals surface area contributed by atoms with E-state index in [1.807, 2.05) is 35.9 Å². The molecule has 1 aromatic heterocycles. The molecule has 1 aromatic carbocycles. The van der Waals surface area contributed by atoms with Gasteiger partial charge in [-0.1, -0.05) is 32.0 Å². The Hall–Kier alpha value is -1.82. The first kappa shape index (κ1) is 14.6. The number of aromatic nitrogens is 3. The zero-order chi connectivity index (χ0) is 14.4. The van der Waals surface area contributed by atoms with Crippen LogP contribution in [0.5, 0.6) is 5.75 Å². The minimum Gasteiger partial charge on any atom is -0.493 e. The van der Waals surface area contributed by atoms with Crippen LogP contribution < -0.4 is 10.2 Å². The fourth-order valence-electron chi connectivity index (χ4n) is 1.90. The van der Waals surface area contributed by atoms with Gasteiger partial charge in [-0.2, -0.15) is 5.10 Å². The van der Waals surface area contributed by atoms with Crippen LogP contribution in [-0.2, 0) is 13.0 Å². The molecular weight excluding hydrogens is 272 g/mol. The quantitative estimate of drug-likeness (QED) is 0.770. The summed E-state index contributed by atoms with van der Waals surface area (Å²) < 4.78 is 8.13. The molecule has 6 heteroatoms. The van der Waals surface area contributed by atoms with Crippen molar-refractivity contribution in [2.75, 3.05) is 12.0 Å². The zero-order valence-corrected chi connectivity index (χ0v) is 12.7. The number of aromatic amines is 1. The van der Waals surface area contributed by atoms with Crippen molar-refractivity contribution in [3.8, 4) is 5.75 Å². The summed E-state index contributed by atoms with van der Waals surface area (Å²) in [4.78, 5) is 0. The lowest BCUT2D eigenvalue weighted by Gasteiger charge is -2.13. The second kappa shape index (κ2) is 7.09. The maximum atomic E-state index is 5.74. The van der Waals surface area contributed by atoms with Crippen LogP contribution in [0.3, 0.4) is 0 Å². The van der Waals surface area contributed by atoms with E-state index >= 15 is 0 Å². The number of para-hydroxylation sites is 1. The maximum absolute atomic E-state index is 5.74. The maximum Gasteiger partial charge on any atom is 0.214 e. The standard InChI is InChI=1S/C14H20N4OS/c1-3-9-19-12-8-6-5-7-11(12)10-15-18-13(4-2)16-17-14(18)20/h5-8,15H,3-4,9-10H2,1-2H3,(H,17,20). The minimum atomic E-state index is 0.578. The van der Waals surface area contributed by atoms with Crippen molar-refractivity contribution in [1.82, 2.24) is 14.9 Å². The van der Waals surface area contributed by atoms with E-state index in [2.05, 4.69) is 22.5 Å².